The third-order valence-electron chi connectivity index (χ3n) is 4.26. The van der Waals surface area contributed by atoms with Gasteiger partial charge in [-0.15, -0.1) is 11.3 Å². The maximum absolute atomic E-state index is 13.2. The van der Waals surface area contributed by atoms with Gasteiger partial charge in [0.1, 0.15) is 5.82 Å². The molecule has 1 saturated heterocycles. The molecule has 0 aliphatic carbocycles. The second-order valence-corrected chi connectivity index (χ2v) is 7.33. The SMILES string of the molecule is Fc1ccc(Nc2nc(N/N=C\c3cccs3)nc(N3CCCCC3)n2)cc1. The molecular weight excluding hydrogens is 377 g/mol. The molecular formula is C19H20FN7S. The zero-order valence-electron chi connectivity index (χ0n) is 15.2. The predicted octanol–water partition coefficient (Wildman–Crippen LogP) is 4.25. The average Bonchev–Trinajstić information content (AvgIpc) is 3.24. The van der Waals surface area contributed by atoms with Crippen molar-refractivity contribution in [1.82, 2.24) is 15.0 Å². The number of benzene rings is 1. The Morgan fingerprint density at radius 3 is 2.54 bits per heavy atom. The number of halogens is 1. The Morgan fingerprint density at radius 2 is 1.79 bits per heavy atom. The normalized spacial score (nSPS) is 14.4. The molecule has 4 rings (SSSR count). The van der Waals surface area contributed by atoms with E-state index < -0.39 is 0 Å². The standard InChI is InChI=1S/C19H20FN7S/c20-14-6-8-15(9-7-14)22-17-23-18(26-21-13-16-5-4-12-28-16)25-19(24-17)27-10-2-1-3-11-27/h4-9,12-13H,1-3,10-11H2,(H2,22,23,24,25,26)/b21-13-. The Balaban J connectivity index is 1.57. The molecule has 0 atom stereocenters. The van der Waals surface area contributed by atoms with Gasteiger partial charge in [0, 0.05) is 23.7 Å². The number of rotatable bonds is 6. The van der Waals surface area contributed by atoms with E-state index in [0.29, 0.717) is 23.5 Å². The number of nitrogens with zero attached hydrogens (tertiary/aromatic N) is 5. The summed E-state index contributed by atoms with van der Waals surface area (Å²) in [6, 6.07) is 10.0. The van der Waals surface area contributed by atoms with Crippen LogP contribution in [0, 0.1) is 5.82 Å². The van der Waals surface area contributed by atoms with Crippen molar-refractivity contribution in [1.29, 1.82) is 0 Å². The molecule has 3 heterocycles. The third kappa shape index (κ3) is 4.80. The molecule has 0 radical (unpaired) electrons. The minimum absolute atomic E-state index is 0.291. The summed E-state index contributed by atoms with van der Waals surface area (Å²) in [4.78, 5) is 16.6. The number of nitrogens with one attached hydrogen (secondary N) is 2. The van der Waals surface area contributed by atoms with Crippen LogP contribution in [-0.4, -0.2) is 34.3 Å². The molecule has 2 N–H and O–H groups in total. The molecule has 1 aromatic carbocycles. The number of hydrogen-bond donors (Lipinski definition) is 2. The van der Waals surface area contributed by atoms with Crippen LogP contribution in [0.2, 0.25) is 0 Å². The monoisotopic (exact) mass is 397 g/mol. The van der Waals surface area contributed by atoms with Crippen molar-refractivity contribution >= 4 is 41.1 Å². The van der Waals surface area contributed by atoms with Crippen LogP contribution in [-0.2, 0) is 0 Å². The summed E-state index contributed by atoms with van der Waals surface area (Å²) in [5.41, 5.74) is 3.58. The summed E-state index contributed by atoms with van der Waals surface area (Å²) in [5.74, 6) is 1.05. The fourth-order valence-corrected chi connectivity index (χ4v) is 3.47. The molecule has 3 aromatic rings. The van der Waals surface area contributed by atoms with Crippen molar-refractivity contribution in [2.45, 2.75) is 19.3 Å². The van der Waals surface area contributed by atoms with Crippen LogP contribution in [0.1, 0.15) is 24.1 Å². The van der Waals surface area contributed by atoms with Gasteiger partial charge >= 0.3 is 0 Å². The summed E-state index contributed by atoms with van der Waals surface area (Å²) in [6.45, 7) is 1.83. The number of thiophene rings is 1. The van der Waals surface area contributed by atoms with E-state index in [4.69, 9.17) is 0 Å². The van der Waals surface area contributed by atoms with Gasteiger partial charge in [0.15, 0.2) is 0 Å². The lowest BCUT2D eigenvalue weighted by molar-refractivity contribution is 0.568. The largest absolute Gasteiger partial charge is 0.341 e. The highest BCUT2D eigenvalue weighted by atomic mass is 32.1. The lowest BCUT2D eigenvalue weighted by Gasteiger charge is -2.26. The van der Waals surface area contributed by atoms with Crippen molar-refractivity contribution in [2.24, 2.45) is 5.10 Å². The lowest BCUT2D eigenvalue weighted by atomic mass is 10.1. The Kier molecular flexibility index (Phi) is 5.72. The van der Waals surface area contributed by atoms with E-state index >= 15 is 0 Å². The average molecular weight is 397 g/mol. The van der Waals surface area contributed by atoms with Gasteiger partial charge in [-0.25, -0.2) is 9.82 Å². The van der Waals surface area contributed by atoms with E-state index in [2.05, 4.69) is 35.7 Å². The van der Waals surface area contributed by atoms with Gasteiger partial charge in [-0.2, -0.15) is 20.1 Å². The Labute approximate surface area is 166 Å². The van der Waals surface area contributed by atoms with Crippen molar-refractivity contribution in [3.63, 3.8) is 0 Å². The molecule has 0 saturated carbocycles. The van der Waals surface area contributed by atoms with Gasteiger partial charge in [0.05, 0.1) is 6.21 Å². The van der Waals surface area contributed by atoms with Crippen molar-refractivity contribution < 1.29 is 4.39 Å². The molecule has 9 heteroatoms. The van der Waals surface area contributed by atoms with E-state index in [1.54, 1.807) is 29.7 Å². The smallest absolute Gasteiger partial charge is 0.250 e. The van der Waals surface area contributed by atoms with Crippen molar-refractivity contribution in [3.8, 4) is 0 Å². The number of piperidine rings is 1. The van der Waals surface area contributed by atoms with E-state index in [1.165, 1.54) is 18.6 Å². The Morgan fingerprint density at radius 1 is 1.00 bits per heavy atom. The molecule has 1 aliphatic rings. The Hall–Kier alpha value is -3.07. The highest BCUT2D eigenvalue weighted by Crippen LogP contribution is 2.21. The quantitative estimate of drug-likeness (QED) is 0.478. The second-order valence-electron chi connectivity index (χ2n) is 6.35. The summed E-state index contributed by atoms with van der Waals surface area (Å²) < 4.78 is 13.2. The summed E-state index contributed by atoms with van der Waals surface area (Å²) in [7, 11) is 0. The number of hydrazone groups is 1. The molecule has 7 nitrogen and oxygen atoms in total. The minimum atomic E-state index is -0.291. The highest BCUT2D eigenvalue weighted by Gasteiger charge is 2.16. The predicted molar refractivity (Wildman–Crippen MR) is 111 cm³/mol. The second kappa shape index (κ2) is 8.75. The topological polar surface area (TPSA) is 78.3 Å². The molecule has 1 aliphatic heterocycles. The van der Waals surface area contributed by atoms with Gasteiger partial charge in [-0.05, 0) is 55.0 Å². The fraction of sp³-hybridized carbons (Fsp3) is 0.263. The van der Waals surface area contributed by atoms with Crippen LogP contribution in [0.3, 0.4) is 0 Å². The Bertz CT molecular complexity index is 922. The first-order chi connectivity index (χ1) is 13.8. The number of aromatic nitrogens is 3. The van der Waals surface area contributed by atoms with Crippen LogP contribution in [0.4, 0.5) is 27.9 Å². The van der Waals surface area contributed by atoms with Crippen LogP contribution in [0.15, 0.2) is 46.9 Å². The van der Waals surface area contributed by atoms with E-state index in [-0.39, 0.29) is 5.82 Å². The van der Waals surface area contributed by atoms with Gasteiger partial charge in [-0.1, -0.05) is 6.07 Å². The van der Waals surface area contributed by atoms with Gasteiger partial charge in [-0.3, -0.25) is 0 Å². The van der Waals surface area contributed by atoms with Crippen molar-refractivity contribution in [3.05, 3.63) is 52.5 Å². The molecule has 2 aromatic heterocycles. The molecule has 1 fully saturated rings. The summed E-state index contributed by atoms with van der Waals surface area (Å²) in [5, 5.41) is 9.32. The molecule has 0 bridgehead atoms. The zero-order chi connectivity index (χ0) is 19.2. The molecule has 144 valence electrons. The van der Waals surface area contributed by atoms with Crippen LogP contribution < -0.4 is 15.6 Å². The number of anilines is 4. The summed E-state index contributed by atoms with van der Waals surface area (Å²) in [6.07, 6.45) is 5.18. The molecule has 0 unspecified atom stereocenters. The third-order valence-corrected chi connectivity index (χ3v) is 5.07. The van der Waals surface area contributed by atoms with Gasteiger partial charge in [0.2, 0.25) is 17.8 Å². The van der Waals surface area contributed by atoms with E-state index in [0.717, 1.165) is 30.8 Å². The van der Waals surface area contributed by atoms with Gasteiger partial charge < -0.3 is 10.2 Å². The minimum Gasteiger partial charge on any atom is -0.341 e. The highest BCUT2D eigenvalue weighted by molar-refractivity contribution is 7.11. The number of hydrogen-bond acceptors (Lipinski definition) is 8. The molecule has 28 heavy (non-hydrogen) atoms. The fourth-order valence-electron chi connectivity index (χ4n) is 2.89. The van der Waals surface area contributed by atoms with E-state index in [1.807, 2.05) is 17.5 Å². The first-order valence-electron chi connectivity index (χ1n) is 9.12. The summed E-state index contributed by atoms with van der Waals surface area (Å²) >= 11 is 1.60. The molecule has 0 amide bonds. The van der Waals surface area contributed by atoms with Crippen LogP contribution >= 0.6 is 11.3 Å². The van der Waals surface area contributed by atoms with Gasteiger partial charge in [0.25, 0.3) is 0 Å². The maximum Gasteiger partial charge on any atom is 0.250 e. The lowest BCUT2D eigenvalue weighted by Crippen LogP contribution is -2.31. The van der Waals surface area contributed by atoms with E-state index in [9.17, 15) is 4.39 Å². The van der Waals surface area contributed by atoms with Crippen molar-refractivity contribution in [2.75, 3.05) is 28.7 Å². The van der Waals surface area contributed by atoms with Crippen LogP contribution in [0.5, 0.6) is 0 Å². The first-order valence-corrected chi connectivity index (χ1v) is 10.0. The molecule has 0 spiro atoms. The first kappa shape index (κ1) is 18.3. The van der Waals surface area contributed by atoms with Crippen LogP contribution in [0.25, 0.3) is 0 Å². The zero-order valence-corrected chi connectivity index (χ0v) is 16.0. The maximum atomic E-state index is 13.2.